The molecule has 0 bridgehead atoms. The second-order valence-electron chi connectivity index (χ2n) is 2.09. The van der Waals surface area contributed by atoms with Crippen LogP contribution in [-0.2, 0) is 0 Å². The number of benzene rings is 1. The molecule has 12 heavy (non-hydrogen) atoms. The second kappa shape index (κ2) is 5.06. The number of rotatable bonds is 2. The number of carbonyl (C=O) groups is 1. The molecule has 0 aliphatic carbocycles. The van der Waals surface area contributed by atoms with Crippen molar-refractivity contribution in [2.45, 2.75) is 4.90 Å². The van der Waals surface area contributed by atoms with Gasteiger partial charge in [-0.3, -0.25) is 4.79 Å². The number of nitrogens with two attached hydrogens (primary N) is 1. The number of halogens is 1. The third-order valence-electron chi connectivity index (χ3n) is 1.37. The van der Waals surface area contributed by atoms with Gasteiger partial charge >= 0.3 is 0 Å². The fourth-order valence-corrected chi connectivity index (χ4v) is 1.16. The van der Waals surface area contributed by atoms with Crippen molar-refractivity contribution in [3.63, 3.8) is 0 Å². The molecular formula is C8H10ClNOS. The molecule has 2 N–H and O–H groups in total. The zero-order chi connectivity index (χ0) is 8.27. The van der Waals surface area contributed by atoms with Crippen molar-refractivity contribution in [1.29, 1.82) is 0 Å². The third-order valence-corrected chi connectivity index (χ3v) is 2.12. The molecule has 0 unspecified atom stereocenters. The molecule has 0 heterocycles. The zero-order valence-electron chi connectivity index (χ0n) is 6.61. The van der Waals surface area contributed by atoms with Gasteiger partial charge in [-0.05, 0) is 30.5 Å². The van der Waals surface area contributed by atoms with Crippen LogP contribution in [0.5, 0.6) is 0 Å². The molecule has 1 aromatic carbocycles. The van der Waals surface area contributed by atoms with Gasteiger partial charge < -0.3 is 5.73 Å². The minimum atomic E-state index is -0.377. The van der Waals surface area contributed by atoms with Gasteiger partial charge in [0.05, 0.1) is 0 Å². The highest BCUT2D eigenvalue weighted by Crippen LogP contribution is 2.14. The van der Waals surface area contributed by atoms with E-state index in [-0.39, 0.29) is 18.3 Å². The molecule has 0 saturated heterocycles. The predicted octanol–water partition coefficient (Wildman–Crippen LogP) is 1.93. The van der Waals surface area contributed by atoms with E-state index in [1.807, 2.05) is 18.4 Å². The molecule has 0 aromatic heterocycles. The monoisotopic (exact) mass is 203 g/mol. The molecule has 0 saturated carbocycles. The molecule has 1 aromatic rings. The van der Waals surface area contributed by atoms with Crippen molar-refractivity contribution in [2.75, 3.05) is 6.26 Å². The summed E-state index contributed by atoms with van der Waals surface area (Å²) in [4.78, 5) is 11.8. The minimum absolute atomic E-state index is 0. The van der Waals surface area contributed by atoms with Gasteiger partial charge in [-0.15, -0.1) is 24.2 Å². The molecule has 0 fully saturated rings. The lowest BCUT2D eigenvalue weighted by molar-refractivity contribution is 0.100. The van der Waals surface area contributed by atoms with Crippen molar-refractivity contribution in [2.24, 2.45) is 5.73 Å². The number of thioether (sulfide) groups is 1. The molecule has 0 aliphatic heterocycles. The van der Waals surface area contributed by atoms with Gasteiger partial charge in [-0.25, -0.2) is 0 Å². The largest absolute Gasteiger partial charge is 0.366 e. The Bertz CT molecular complexity index is 260. The Kier molecular flexibility index (Phi) is 4.78. The summed E-state index contributed by atoms with van der Waals surface area (Å²) in [5.41, 5.74) is 5.62. The van der Waals surface area contributed by atoms with E-state index in [0.717, 1.165) is 4.90 Å². The van der Waals surface area contributed by atoms with E-state index in [1.54, 1.807) is 23.9 Å². The maximum atomic E-state index is 10.6. The van der Waals surface area contributed by atoms with Gasteiger partial charge in [-0.2, -0.15) is 0 Å². The fraction of sp³-hybridized carbons (Fsp3) is 0.125. The van der Waals surface area contributed by atoms with Crippen molar-refractivity contribution in [1.82, 2.24) is 0 Å². The highest BCUT2D eigenvalue weighted by molar-refractivity contribution is 7.98. The summed E-state index contributed by atoms with van der Waals surface area (Å²) < 4.78 is 0. The van der Waals surface area contributed by atoms with Crippen LogP contribution in [0.3, 0.4) is 0 Å². The standard InChI is InChI=1S/C8H9NOS.ClH/c1-11-7-4-2-6(3-5-7)8(9)10;/h2-5H,1H3,(H2,9,10);1H. The molecule has 1 rings (SSSR count). The summed E-state index contributed by atoms with van der Waals surface area (Å²) in [6.07, 6.45) is 1.99. The number of hydrogen-bond acceptors (Lipinski definition) is 2. The summed E-state index contributed by atoms with van der Waals surface area (Å²) >= 11 is 1.64. The first kappa shape index (κ1) is 11.3. The fourth-order valence-electron chi connectivity index (χ4n) is 0.755. The first-order valence-electron chi connectivity index (χ1n) is 3.18. The number of amides is 1. The topological polar surface area (TPSA) is 43.1 Å². The van der Waals surface area contributed by atoms with Crippen LogP contribution >= 0.6 is 24.2 Å². The van der Waals surface area contributed by atoms with Gasteiger partial charge in [0.2, 0.25) is 5.91 Å². The van der Waals surface area contributed by atoms with Crippen LogP contribution in [0, 0.1) is 0 Å². The predicted molar refractivity (Wildman–Crippen MR) is 54.0 cm³/mol. The Morgan fingerprint density at radius 3 is 2.17 bits per heavy atom. The normalized spacial score (nSPS) is 8.75. The Morgan fingerprint density at radius 1 is 1.33 bits per heavy atom. The molecule has 2 nitrogen and oxygen atoms in total. The summed E-state index contributed by atoms with van der Waals surface area (Å²) in [5, 5.41) is 0. The molecular weight excluding hydrogens is 194 g/mol. The summed E-state index contributed by atoms with van der Waals surface area (Å²) in [7, 11) is 0. The maximum Gasteiger partial charge on any atom is 0.248 e. The smallest absolute Gasteiger partial charge is 0.248 e. The van der Waals surface area contributed by atoms with Gasteiger partial charge in [0.1, 0.15) is 0 Å². The first-order chi connectivity index (χ1) is 5.24. The molecule has 0 radical (unpaired) electrons. The van der Waals surface area contributed by atoms with Crippen LogP contribution in [0.25, 0.3) is 0 Å². The zero-order valence-corrected chi connectivity index (χ0v) is 8.24. The lowest BCUT2D eigenvalue weighted by Crippen LogP contribution is -2.10. The van der Waals surface area contributed by atoms with E-state index in [0.29, 0.717) is 5.56 Å². The van der Waals surface area contributed by atoms with Gasteiger partial charge in [0, 0.05) is 10.5 Å². The van der Waals surface area contributed by atoms with Gasteiger partial charge in [0.15, 0.2) is 0 Å². The van der Waals surface area contributed by atoms with Crippen LogP contribution in [-0.4, -0.2) is 12.2 Å². The lowest BCUT2D eigenvalue weighted by atomic mass is 10.2. The van der Waals surface area contributed by atoms with Crippen molar-refractivity contribution < 1.29 is 4.79 Å². The quantitative estimate of drug-likeness (QED) is 0.747. The van der Waals surface area contributed by atoms with Crippen LogP contribution in [0.2, 0.25) is 0 Å². The van der Waals surface area contributed by atoms with Gasteiger partial charge in [0.25, 0.3) is 0 Å². The van der Waals surface area contributed by atoms with E-state index in [4.69, 9.17) is 5.73 Å². The number of hydrogen-bond donors (Lipinski definition) is 1. The minimum Gasteiger partial charge on any atom is -0.366 e. The lowest BCUT2D eigenvalue weighted by Gasteiger charge is -1.96. The van der Waals surface area contributed by atoms with Crippen molar-refractivity contribution >= 4 is 30.1 Å². The molecule has 4 heteroatoms. The van der Waals surface area contributed by atoms with Crippen LogP contribution in [0.4, 0.5) is 0 Å². The number of carbonyl (C=O) groups excluding carboxylic acids is 1. The molecule has 1 amide bonds. The number of primary amides is 1. The molecule has 0 aliphatic rings. The maximum absolute atomic E-state index is 10.6. The van der Waals surface area contributed by atoms with Crippen molar-refractivity contribution in [3.05, 3.63) is 29.8 Å². The highest BCUT2D eigenvalue weighted by Gasteiger charge is 1.97. The van der Waals surface area contributed by atoms with E-state index in [2.05, 4.69) is 0 Å². The van der Waals surface area contributed by atoms with E-state index >= 15 is 0 Å². The van der Waals surface area contributed by atoms with Gasteiger partial charge in [-0.1, -0.05) is 0 Å². The second-order valence-corrected chi connectivity index (χ2v) is 2.97. The van der Waals surface area contributed by atoms with E-state index in [1.165, 1.54) is 0 Å². The first-order valence-corrected chi connectivity index (χ1v) is 4.40. The Morgan fingerprint density at radius 2 is 1.83 bits per heavy atom. The van der Waals surface area contributed by atoms with E-state index in [9.17, 15) is 4.79 Å². The van der Waals surface area contributed by atoms with E-state index < -0.39 is 0 Å². The highest BCUT2D eigenvalue weighted by atomic mass is 35.5. The summed E-state index contributed by atoms with van der Waals surface area (Å²) in [6, 6.07) is 7.22. The van der Waals surface area contributed by atoms with Crippen molar-refractivity contribution in [3.8, 4) is 0 Å². The molecule has 0 spiro atoms. The van der Waals surface area contributed by atoms with Crippen LogP contribution < -0.4 is 5.73 Å². The Balaban J connectivity index is 0.00000121. The SMILES string of the molecule is CSc1ccc(C(N)=O)cc1.Cl. The van der Waals surface area contributed by atoms with Crippen LogP contribution in [0.15, 0.2) is 29.2 Å². The summed E-state index contributed by atoms with van der Waals surface area (Å²) in [5.74, 6) is -0.377. The molecule has 0 atom stereocenters. The average molecular weight is 204 g/mol. The summed E-state index contributed by atoms with van der Waals surface area (Å²) in [6.45, 7) is 0. The van der Waals surface area contributed by atoms with Crippen LogP contribution in [0.1, 0.15) is 10.4 Å². The third kappa shape index (κ3) is 2.75. The average Bonchev–Trinajstić information content (AvgIpc) is 2.05. The Hall–Kier alpha value is -0.670. The Labute approximate surface area is 81.9 Å². The molecule has 66 valence electrons.